The third kappa shape index (κ3) is 3.34. The first-order valence-electron chi connectivity index (χ1n) is 7.62. The fourth-order valence-corrected chi connectivity index (χ4v) is 3.78. The Bertz CT molecular complexity index is 500. The Morgan fingerprint density at radius 1 is 1.33 bits per heavy atom. The predicted molar refractivity (Wildman–Crippen MR) is 86.8 cm³/mol. The lowest BCUT2D eigenvalue weighted by Crippen LogP contribution is -2.57. The van der Waals surface area contributed by atoms with Crippen LogP contribution < -0.4 is 5.32 Å². The van der Waals surface area contributed by atoms with Crippen LogP contribution in [0, 0.1) is 17.8 Å². The van der Waals surface area contributed by atoms with Crippen LogP contribution in [0.1, 0.15) is 40.0 Å². The van der Waals surface area contributed by atoms with Crippen LogP contribution in [-0.2, 0) is 4.79 Å². The van der Waals surface area contributed by atoms with Gasteiger partial charge < -0.3 is 10.4 Å². The summed E-state index contributed by atoms with van der Waals surface area (Å²) >= 11 is 5.91. The van der Waals surface area contributed by atoms with Crippen molar-refractivity contribution >= 4 is 23.3 Å². The van der Waals surface area contributed by atoms with E-state index in [4.69, 9.17) is 11.6 Å². The molecule has 3 unspecified atom stereocenters. The SMILES string of the molecule is CC1CCC(C(C)C)C(Nc2ccc(Cl)cc2)(C(=O)O)C1. The summed E-state index contributed by atoms with van der Waals surface area (Å²) in [5, 5.41) is 13.9. The zero-order valence-corrected chi connectivity index (χ0v) is 13.7. The van der Waals surface area contributed by atoms with E-state index in [0.29, 0.717) is 23.3 Å². The molecule has 116 valence electrons. The first-order chi connectivity index (χ1) is 9.85. The van der Waals surface area contributed by atoms with Gasteiger partial charge in [-0.15, -0.1) is 0 Å². The molecule has 1 aliphatic rings. The molecule has 1 saturated carbocycles. The third-order valence-electron chi connectivity index (χ3n) is 4.67. The van der Waals surface area contributed by atoms with E-state index in [1.54, 1.807) is 12.1 Å². The fraction of sp³-hybridized carbons (Fsp3) is 0.588. The normalized spacial score (nSPS) is 29.4. The van der Waals surface area contributed by atoms with E-state index in [1.807, 2.05) is 12.1 Å². The summed E-state index contributed by atoms with van der Waals surface area (Å²) in [4.78, 5) is 12.1. The number of hydrogen-bond donors (Lipinski definition) is 2. The number of aliphatic carboxylic acids is 1. The fourth-order valence-electron chi connectivity index (χ4n) is 3.65. The van der Waals surface area contributed by atoms with Gasteiger partial charge in [0, 0.05) is 10.7 Å². The van der Waals surface area contributed by atoms with Gasteiger partial charge in [0.15, 0.2) is 0 Å². The predicted octanol–water partition coefficient (Wildman–Crippen LogP) is 4.67. The Kier molecular flexibility index (Phi) is 4.82. The Morgan fingerprint density at radius 2 is 1.95 bits per heavy atom. The van der Waals surface area contributed by atoms with Gasteiger partial charge in [0.2, 0.25) is 0 Å². The highest BCUT2D eigenvalue weighted by molar-refractivity contribution is 6.30. The average Bonchev–Trinajstić information content (AvgIpc) is 2.41. The highest BCUT2D eigenvalue weighted by atomic mass is 35.5. The van der Waals surface area contributed by atoms with Gasteiger partial charge in [-0.05, 0) is 54.9 Å². The van der Waals surface area contributed by atoms with Crippen LogP contribution in [0.25, 0.3) is 0 Å². The van der Waals surface area contributed by atoms with Crippen molar-refractivity contribution in [1.29, 1.82) is 0 Å². The van der Waals surface area contributed by atoms with Crippen LogP contribution in [0.3, 0.4) is 0 Å². The van der Waals surface area contributed by atoms with Crippen LogP contribution in [0.5, 0.6) is 0 Å². The van der Waals surface area contributed by atoms with Gasteiger partial charge in [0.05, 0.1) is 0 Å². The van der Waals surface area contributed by atoms with Crippen LogP contribution in [0.2, 0.25) is 5.02 Å². The van der Waals surface area contributed by atoms with Crippen molar-refractivity contribution in [2.45, 2.75) is 45.6 Å². The minimum atomic E-state index is -0.889. The van der Waals surface area contributed by atoms with Gasteiger partial charge in [0.25, 0.3) is 0 Å². The smallest absolute Gasteiger partial charge is 0.329 e. The second kappa shape index (κ2) is 6.27. The lowest BCUT2D eigenvalue weighted by Gasteiger charge is -2.46. The summed E-state index contributed by atoms with van der Waals surface area (Å²) in [7, 11) is 0. The van der Waals surface area contributed by atoms with Gasteiger partial charge in [-0.2, -0.15) is 0 Å². The molecular weight excluding hydrogens is 286 g/mol. The highest BCUT2D eigenvalue weighted by Gasteiger charge is 2.50. The molecular formula is C17H24ClNO2. The molecule has 4 heteroatoms. The summed E-state index contributed by atoms with van der Waals surface area (Å²) in [5.41, 5.74) is -0.0683. The Labute approximate surface area is 131 Å². The van der Waals surface area contributed by atoms with Crippen LogP contribution in [0.15, 0.2) is 24.3 Å². The lowest BCUT2D eigenvalue weighted by atomic mass is 9.64. The quantitative estimate of drug-likeness (QED) is 0.850. The molecule has 3 nitrogen and oxygen atoms in total. The van der Waals surface area contributed by atoms with Gasteiger partial charge in [-0.25, -0.2) is 4.79 Å². The van der Waals surface area contributed by atoms with E-state index in [9.17, 15) is 9.90 Å². The molecule has 0 radical (unpaired) electrons. The second-order valence-electron chi connectivity index (χ2n) is 6.65. The number of carbonyl (C=O) groups is 1. The monoisotopic (exact) mass is 309 g/mol. The van der Waals surface area contributed by atoms with Gasteiger partial charge in [0.1, 0.15) is 5.54 Å². The molecule has 3 atom stereocenters. The third-order valence-corrected chi connectivity index (χ3v) is 4.92. The Morgan fingerprint density at radius 3 is 2.48 bits per heavy atom. The molecule has 0 aromatic heterocycles. The number of hydrogen-bond acceptors (Lipinski definition) is 2. The number of anilines is 1. The molecule has 1 fully saturated rings. The van der Waals surface area contributed by atoms with Gasteiger partial charge in [-0.1, -0.05) is 38.8 Å². The molecule has 1 aromatic carbocycles. The summed E-state index contributed by atoms with van der Waals surface area (Å²) in [6.07, 6.45) is 2.71. The summed E-state index contributed by atoms with van der Waals surface area (Å²) in [6, 6.07) is 7.28. The second-order valence-corrected chi connectivity index (χ2v) is 7.08. The van der Waals surface area contributed by atoms with E-state index in [0.717, 1.165) is 18.5 Å². The largest absolute Gasteiger partial charge is 0.479 e. The maximum Gasteiger partial charge on any atom is 0.329 e. The number of rotatable bonds is 4. The van der Waals surface area contributed by atoms with E-state index in [1.165, 1.54) is 0 Å². The van der Waals surface area contributed by atoms with E-state index >= 15 is 0 Å². The zero-order chi connectivity index (χ0) is 15.6. The zero-order valence-electron chi connectivity index (χ0n) is 12.9. The topological polar surface area (TPSA) is 49.3 Å². The Hall–Kier alpha value is -1.22. The first kappa shape index (κ1) is 16.2. The maximum absolute atomic E-state index is 12.1. The molecule has 1 aromatic rings. The number of nitrogens with one attached hydrogen (secondary N) is 1. The van der Waals surface area contributed by atoms with E-state index < -0.39 is 11.5 Å². The highest BCUT2D eigenvalue weighted by Crippen LogP contribution is 2.43. The number of halogens is 1. The van der Waals surface area contributed by atoms with Crippen LogP contribution in [0.4, 0.5) is 5.69 Å². The van der Waals surface area contributed by atoms with E-state index in [2.05, 4.69) is 26.1 Å². The molecule has 21 heavy (non-hydrogen) atoms. The first-order valence-corrected chi connectivity index (χ1v) is 8.00. The Balaban J connectivity index is 2.36. The molecule has 2 N–H and O–H groups in total. The molecule has 0 spiro atoms. The number of carboxylic acid groups (broad SMARTS) is 1. The molecule has 1 aliphatic carbocycles. The van der Waals surface area contributed by atoms with Crippen molar-refractivity contribution < 1.29 is 9.90 Å². The molecule has 0 saturated heterocycles. The van der Waals surface area contributed by atoms with Crippen molar-refractivity contribution in [1.82, 2.24) is 0 Å². The lowest BCUT2D eigenvalue weighted by molar-refractivity contribution is -0.147. The average molecular weight is 310 g/mol. The minimum absolute atomic E-state index is 0.127. The number of benzene rings is 1. The van der Waals surface area contributed by atoms with Crippen LogP contribution >= 0.6 is 11.6 Å². The van der Waals surface area contributed by atoms with Crippen molar-refractivity contribution in [2.24, 2.45) is 17.8 Å². The van der Waals surface area contributed by atoms with Crippen molar-refractivity contribution in [3.8, 4) is 0 Å². The van der Waals surface area contributed by atoms with Crippen molar-refractivity contribution in [3.63, 3.8) is 0 Å². The maximum atomic E-state index is 12.1. The van der Waals surface area contributed by atoms with Crippen LogP contribution in [-0.4, -0.2) is 16.6 Å². The molecule has 0 bridgehead atoms. The molecule has 0 amide bonds. The summed E-state index contributed by atoms with van der Waals surface area (Å²) in [5.74, 6) is 0.119. The van der Waals surface area contributed by atoms with Crippen molar-refractivity contribution in [2.75, 3.05) is 5.32 Å². The van der Waals surface area contributed by atoms with Crippen molar-refractivity contribution in [3.05, 3.63) is 29.3 Å². The standard InChI is InChI=1S/C17H24ClNO2/c1-11(2)15-9-4-12(3)10-17(15,16(20)21)19-14-7-5-13(18)6-8-14/h5-8,11-12,15,19H,4,9-10H2,1-3H3,(H,20,21). The molecule has 0 aliphatic heterocycles. The molecule has 2 rings (SSSR count). The van der Waals surface area contributed by atoms with Gasteiger partial charge in [-0.3, -0.25) is 0 Å². The van der Waals surface area contributed by atoms with E-state index in [-0.39, 0.29) is 5.92 Å². The minimum Gasteiger partial charge on any atom is -0.479 e. The molecule has 0 heterocycles. The van der Waals surface area contributed by atoms with Gasteiger partial charge >= 0.3 is 5.97 Å². The summed E-state index contributed by atoms with van der Waals surface area (Å²) < 4.78 is 0. The summed E-state index contributed by atoms with van der Waals surface area (Å²) in [6.45, 7) is 6.36. The number of carboxylic acids is 1.